The first kappa shape index (κ1) is 16.9. The van der Waals surface area contributed by atoms with Crippen LogP contribution >= 0.6 is 0 Å². The standard InChI is InChI=1S/C27H23N/c1-18-13-14-19(2)26-22(18)15-16-23-24(20-9-5-3-6-10-20)17-25(28-27(23)26)21-11-7-4-8-12-21/h3-14,17H,15-16H2,1-2H3. The number of aryl methyl sites for hydroxylation is 2. The zero-order valence-corrected chi connectivity index (χ0v) is 16.4. The number of benzene rings is 3. The first-order valence-electron chi connectivity index (χ1n) is 9.96. The molecule has 0 radical (unpaired) electrons. The van der Waals surface area contributed by atoms with Gasteiger partial charge in [0.1, 0.15) is 0 Å². The molecule has 1 heteroatoms. The maximum absolute atomic E-state index is 5.21. The van der Waals surface area contributed by atoms with Gasteiger partial charge in [-0.1, -0.05) is 72.8 Å². The molecule has 0 fully saturated rings. The Bertz CT molecular complexity index is 1160. The van der Waals surface area contributed by atoms with Crippen molar-refractivity contribution >= 4 is 0 Å². The second-order valence-corrected chi connectivity index (χ2v) is 7.67. The Labute approximate surface area is 166 Å². The van der Waals surface area contributed by atoms with E-state index in [0.29, 0.717) is 0 Å². The summed E-state index contributed by atoms with van der Waals surface area (Å²) >= 11 is 0. The Kier molecular flexibility index (Phi) is 4.09. The summed E-state index contributed by atoms with van der Waals surface area (Å²) in [5.41, 5.74) is 12.8. The predicted octanol–water partition coefficient (Wildman–Crippen LogP) is 6.80. The Hall–Kier alpha value is -3.19. The molecule has 0 amide bonds. The van der Waals surface area contributed by atoms with E-state index in [4.69, 9.17) is 4.98 Å². The van der Waals surface area contributed by atoms with E-state index in [1.165, 1.54) is 50.2 Å². The normalized spacial score (nSPS) is 12.4. The summed E-state index contributed by atoms with van der Waals surface area (Å²) in [4.78, 5) is 5.21. The lowest BCUT2D eigenvalue weighted by molar-refractivity contribution is 0.917. The summed E-state index contributed by atoms with van der Waals surface area (Å²) < 4.78 is 0. The van der Waals surface area contributed by atoms with Crippen LogP contribution in [0.15, 0.2) is 78.9 Å². The number of fused-ring (bicyclic) bond motifs is 3. The molecule has 28 heavy (non-hydrogen) atoms. The van der Waals surface area contributed by atoms with E-state index in [0.717, 1.165) is 18.5 Å². The molecule has 5 rings (SSSR count). The van der Waals surface area contributed by atoms with Crippen molar-refractivity contribution in [2.75, 3.05) is 0 Å². The van der Waals surface area contributed by atoms with Crippen LogP contribution in [0, 0.1) is 13.8 Å². The first-order valence-corrected chi connectivity index (χ1v) is 9.96. The lowest BCUT2D eigenvalue weighted by Gasteiger charge is -2.26. The van der Waals surface area contributed by atoms with Gasteiger partial charge in [-0.3, -0.25) is 0 Å². The molecular formula is C27H23N. The summed E-state index contributed by atoms with van der Waals surface area (Å²) in [6.45, 7) is 4.44. The molecule has 0 aliphatic heterocycles. The molecule has 1 aliphatic rings. The summed E-state index contributed by atoms with van der Waals surface area (Å²) in [5, 5.41) is 0. The quantitative estimate of drug-likeness (QED) is 0.383. The number of hydrogen-bond donors (Lipinski definition) is 0. The van der Waals surface area contributed by atoms with Gasteiger partial charge in [0.2, 0.25) is 0 Å². The summed E-state index contributed by atoms with van der Waals surface area (Å²) in [6.07, 6.45) is 2.13. The molecule has 0 saturated carbocycles. The number of pyridine rings is 1. The molecule has 0 unspecified atom stereocenters. The van der Waals surface area contributed by atoms with Crippen LogP contribution in [0.3, 0.4) is 0 Å². The van der Waals surface area contributed by atoms with Crippen molar-refractivity contribution in [3.63, 3.8) is 0 Å². The fraction of sp³-hybridized carbons (Fsp3) is 0.148. The number of nitrogens with zero attached hydrogens (tertiary/aromatic N) is 1. The molecule has 1 aromatic heterocycles. The largest absolute Gasteiger partial charge is 0.247 e. The maximum atomic E-state index is 5.21. The molecule has 1 heterocycles. The van der Waals surface area contributed by atoms with Crippen LogP contribution in [0.25, 0.3) is 33.6 Å². The van der Waals surface area contributed by atoms with Crippen molar-refractivity contribution in [3.05, 3.63) is 101 Å². The van der Waals surface area contributed by atoms with Crippen LogP contribution in [-0.2, 0) is 12.8 Å². The highest BCUT2D eigenvalue weighted by molar-refractivity contribution is 5.84. The molecule has 136 valence electrons. The van der Waals surface area contributed by atoms with E-state index in [2.05, 4.69) is 92.7 Å². The molecule has 4 aromatic rings. The molecule has 1 aliphatic carbocycles. The highest BCUT2D eigenvalue weighted by Gasteiger charge is 2.24. The van der Waals surface area contributed by atoms with Gasteiger partial charge in [-0.15, -0.1) is 0 Å². The van der Waals surface area contributed by atoms with Gasteiger partial charge in [0.15, 0.2) is 0 Å². The molecular weight excluding hydrogens is 338 g/mol. The molecule has 0 N–H and O–H groups in total. The number of hydrogen-bond acceptors (Lipinski definition) is 1. The van der Waals surface area contributed by atoms with Gasteiger partial charge in [0.05, 0.1) is 11.4 Å². The summed E-state index contributed by atoms with van der Waals surface area (Å²) in [5.74, 6) is 0. The molecule has 3 aromatic carbocycles. The molecule has 1 nitrogen and oxygen atoms in total. The van der Waals surface area contributed by atoms with Crippen molar-refractivity contribution in [3.8, 4) is 33.6 Å². The van der Waals surface area contributed by atoms with E-state index >= 15 is 0 Å². The maximum Gasteiger partial charge on any atom is 0.0753 e. The van der Waals surface area contributed by atoms with E-state index in [-0.39, 0.29) is 0 Å². The smallest absolute Gasteiger partial charge is 0.0753 e. The summed E-state index contributed by atoms with van der Waals surface area (Å²) in [7, 11) is 0. The second-order valence-electron chi connectivity index (χ2n) is 7.67. The third-order valence-electron chi connectivity index (χ3n) is 5.90. The third kappa shape index (κ3) is 2.75. The Morgan fingerprint density at radius 3 is 1.96 bits per heavy atom. The van der Waals surface area contributed by atoms with Crippen molar-refractivity contribution in [1.82, 2.24) is 4.98 Å². The van der Waals surface area contributed by atoms with Gasteiger partial charge in [-0.05, 0) is 66.1 Å². The van der Waals surface area contributed by atoms with Crippen molar-refractivity contribution < 1.29 is 0 Å². The van der Waals surface area contributed by atoms with Crippen LogP contribution in [0.1, 0.15) is 22.3 Å². The predicted molar refractivity (Wildman–Crippen MR) is 117 cm³/mol. The molecule has 0 spiro atoms. The zero-order valence-electron chi connectivity index (χ0n) is 16.4. The van der Waals surface area contributed by atoms with Crippen LogP contribution in [-0.4, -0.2) is 4.98 Å². The van der Waals surface area contributed by atoms with Gasteiger partial charge in [0, 0.05) is 11.1 Å². The lowest BCUT2D eigenvalue weighted by atomic mass is 9.81. The fourth-order valence-electron chi connectivity index (χ4n) is 4.43. The molecule has 0 atom stereocenters. The monoisotopic (exact) mass is 361 g/mol. The van der Waals surface area contributed by atoms with Crippen molar-refractivity contribution in [1.29, 1.82) is 0 Å². The van der Waals surface area contributed by atoms with E-state index < -0.39 is 0 Å². The van der Waals surface area contributed by atoms with Crippen LogP contribution < -0.4 is 0 Å². The van der Waals surface area contributed by atoms with E-state index in [1.54, 1.807) is 0 Å². The third-order valence-corrected chi connectivity index (χ3v) is 5.90. The minimum atomic E-state index is 1.04. The average molecular weight is 361 g/mol. The van der Waals surface area contributed by atoms with Crippen molar-refractivity contribution in [2.24, 2.45) is 0 Å². The van der Waals surface area contributed by atoms with Gasteiger partial charge in [-0.25, -0.2) is 4.98 Å². The fourth-order valence-corrected chi connectivity index (χ4v) is 4.43. The highest BCUT2D eigenvalue weighted by atomic mass is 14.7. The van der Waals surface area contributed by atoms with Gasteiger partial charge in [-0.2, -0.15) is 0 Å². The molecule has 0 saturated heterocycles. The zero-order chi connectivity index (χ0) is 19.1. The Balaban J connectivity index is 1.84. The topological polar surface area (TPSA) is 12.9 Å². The number of rotatable bonds is 2. The second kappa shape index (κ2) is 6.76. The van der Waals surface area contributed by atoms with E-state index in [1.807, 2.05) is 0 Å². The van der Waals surface area contributed by atoms with Crippen LogP contribution in [0.2, 0.25) is 0 Å². The van der Waals surface area contributed by atoms with Crippen molar-refractivity contribution in [2.45, 2.75) is 26.7 Å². The number of aromatic nitrogens is 1. The van der Waals surface area contributed by atoms with Gasteiger partial charge < -0.3 is 0 Å². The lowest BCUT2D eigenvalue weighted by Crippen LogP contribution is -2.11. The molecule has 0 bridgehead atoms. The van der Waals surface area contributed by atoms with Crippen LogP contribution in [0.5, 0.6) is 0 Å². The Morgan fingerprint density at radius 2 is 1.25 bits per heavy atom. The SMILES string of the molecule is Cc1ccc(C)c2c1CCc1c(-c3ccccc3)cc(-c3ccccc3)nc1-2. The van der Waals surface area contributed by atoms with Gasteiger partial charge in [0.25, 0.3) is 0 Å². The van der Waals surface area contributed by atoms with E-state index in [9.17, 15) is 0 Å². The van der Waals surface area contributed by atoms with Gasteiger partial charge >= 0.3 is 0 Å². The minimum absolute atomic E-state index is 1.04. The first-order chi connectivity index (χ1) is 13.7. The average Bonchev–Trinajstić information content (AvgIpc) is 2.76. The summed E-state index contributed by atoms with van der Waals surface area (Å²) in [6, 6.07) is 28.0. The Morgan fingerprint density at radius 1 is 0.643 bits per heavy atom. The van der Waals surface area contributed by atoms with Crippen LogP contribution in [0.4, 0.5) is 0 Å². The highest BCUT2D eigenvalue weighted by Crippen LogP contribution is 2.42. The minimum Gasteiger partial charge on any atom is -0.247 e.